The van der Waals surface area contributed by atoms with E-state index in [1.807, 2.05) is 12.1 Å². The average molecular weight is 550 g/mol. The molecule has 0 aromatic heterocycles. The summed E-state index contributed by atoms with van der Waals surface area (Å²) >= 11 is 0. The van der Waals surface area contributed by atoms with E-state index in [9.17, 15) is 19.8 Å². The molecule has 0 aliphatic rings. The maximum absolute atomic E-state index is 12.6. The van der Waals surface area contributed by atoms with Gasteiger partial charge in [-0.1, -0.05) is 55.3 Å². The molecule has 216 valence electrons. The molecular formula is C33H43NO6. The Morgan fingerprint density at radius 2 is 1.45 bits per heavy atom. The Bertz CT molecular complexity index is 1260. The van der Waals surface area contributed by atoms with Crippen molar-refractivity contribution in [1.82, 2.24) is 5.32 Å². The SMILES string of the molecule is COc1ccc2cc(CCCCCNC(=O)C(OCCCCCc3ccc(C)c(C)c3)C(O)C(=O)O)ccc2c1. The van der Waals surface area contributed by atoms with Crippen LogP contribution in [0.1, 0.15) is 60.8 Å². The molecule has 7 nitrogen and oxygen atoms in total. The van der Waals surface area contributed by atoms with E-state index in [2.05, 4.69) is 61.6 Å². The zero-order valence-corrected chi connectivity index (χ0v) is 23.9. The van der Waals surface area contributed by atoms with Crippen molar-refractivity contribution < 1.29 is 29.3 Å². The number of nitrogens with one attached hydrogen (secondary N) is 1. The lowest BCUT2D eigenvalue weighted by Crippen LogP contribution is -2.47. The van der Waals surface area contributed by atoms with Crippen LogP contribution < -0.4 is 10.1 Å². The van der Waals surface area contributed by atoms with Crippen molar-refractivity contribution in [1.29, 1.82) is 0 Å². The number of carboxylic acid groups (broad SMARTS) is 1. The van der Waals surface area contributed by atoms with Gasteiger partial charge in [-0.2, -0.15) is 0 Å². The van der Waals surface area contributed by atoms with Gasteiger partial charge in [-0.15, -0.1) is 0 Å². The minimum atomic E-state index is -1.90. The first-order chi connectivity index (χ1) is 19.3. The molecule has 0 radical (unpaired) electrons. The van der Waals surface area contributed by atoms with Crippen LogP contribution in [-0.4, -0.2) is 54.6 Å². The van der Waals surface area contributed by atoms with Gasteiger partial charge in [0.15, 0.2) is 12.2 Å². The van der Waals surface area contributed by atoms with E-state index in [0.29, 0.717) is 13.0 Å². The van der Waals surface area contributed by atoms with Crippen molar-refractivity contribution in [2.75, 3.05) is 20.3 Å². The molecule has 0 aliphatic heterocycles. The third-order valence-electron chi connectivity index (χ3n) is 7.33. The maximum atomic E-state index is 12.6. The monoisotopic (exact) mass is 549 g/mol. The van der Waals surface area contributed by atoms with Crippen LogP contribution in [-0.2, 0) is 27.2 Å². The third kappa shape index (κ3) is 9.65. The molecule has 0 spiro atoms. The van der Waals surface area contributed by atoms with Gasteiger partial charge in [-0.25, -0.2) is 4.79 Å². The molecule has 1 amide bonds. The van der Waals surface area contributed by atoms with E-state index in [-0.39, 0.29) is 6.61 Å². The van der Waals surface area contributed by atoms with Crippen LogP contribution >= 0.6 is 0 Å². The molecule has 3 aromatic rings. The van der Waals surface area contributed by atoms with E-state index in [0.717, 1.165) is 56.1 Å². The normalized spacial score (nSPS) is 12.7. The topological polar surface area (TPSA) is 105 Å². The second kappa shape index (κ2) is 16.0. The van der Waals surface area contributed by atoms with Crippen LogP contribution in [0.5, 0.6) is 5.75 Å². The van der Waals surface area contributed by atoms with Crippen LogP contribution in [0.2, 0.25) is 0 Å². The summed E-state index contributed by atoms with van der Waals surface area (Å²) in [6.07, 6.45) is 3.74. The Morgan fingerprint density at radius 3 is 2.15 bits per heavy atom. The first-order valence-electron chi connectivity index (χ1n) is 14.2. The van der Waals surface area contributed by atoms with Crippen molar-refractivity contribution in [3.05, 3.63) is 76.9 Å². The largest absolute Gasteiger partial charge is 0.497 e. The Morgan fingerprint density at radius 1 is 0.800 bits per heavy atom. The quantitative estimate of drug-likeness (QED) is 0.191. The highest BCUT2D eigenvalue weighted by Crippen LogP contribution is 2.22. The van der Waals surface area contributed by atoms with Gasteiger partial charge in [-0.3, -0.25) is 4.79 Å². The third-order valence-corrected chi connectivity index (χ3v) is 7.33. The fourth-order valence-electron chi connectivity index (χ4n) is 4.72. The average Bonchev–Trinajstić information content (AvgIpc) is 2.95. The minimum absolute atomic E-state index is 0.216. The van der Waals surface area contributed by atoms with Gasteiger partial charge >= 0.3 is 5.97 Å². The molecule has 2 atom stereocenters. The molecule has 0 saturated heterocycles. The summed E-state index contributed by atoms with van der Waals surface area (Å²) in [7, 11) is 1.66. The number of carbonyl (C=O) groups is 2. The summed E-state index contributed by atoms with van der Waals surface area (Å²) in [5, 5.41) is 24.3. The Balaban J connectivity index is 1.34. The van der Waals surface area contributed by atoms with E-state index >= 15 is 0 Å². The number of aryl methyl sites for hydroxylation is 4. The molecule has 3 rings (SSSR count). The van der Waals surface area contributed by atoms with Gasteiger partial charge in [-0.05, 0) is 97.5 Å². The zero-order valence-electron chi connectivity index (χ0n) is 23.9. The molecular weight excluding hydrogens is 506 g/mol. The van der Waals surface area contributed by atoms with Crippen LogP contribution in [0.25, 0.3) is 10.8 Å². The van der Waals surface area contributed by atoms with Gasteiger partial charge in [0.05, 0.1) is 7.11 Å². The first kappa shape index (κ1) is 31.1. The molecule has 40 heavy (non-hydrogen) atoms. The Hall–Kier alpha value is -3.42. The Kier molecular flexibility index (Phi) is 12.4. The summed E-state index contributed by atoms with van der Waals surface area (Å²) in [6, 6.07) is 18.9. The van der Waals surface area contributed by atoms with Gasteiger partial charge in [0.2, 0.25) is 0 Å². The summed E-state index contributed by atoms with van der Waals surface area (Å²) in [5.74, 6) is -1.21. The molecule has 3 aromatic carbocycles. The number of aliphatic hydroxyl groups is 1. The molecule has 0 heterocycles. The molecule has 2 unspecified atom stereocenters. The number of ether oxygens (including phenoxy) is 2. The predicted octanol–water partition coefficient (Wildman–Crippen LogP) is 5.54. The van der Waals surface area contributed by atoms with E-state index in [1.54, 1.807) is 7.11 Å². The lowest BCUT2D eigenvalue weighted by atomic mass is 10.0. The number of carboxylic acids is 1. The van der Waals surface area contributed by atoms with Crippen LogP contribution in [0.15, 0.2) is 54.6 Å². The molecule has 3 N–H and O–H groups in total. The summed E-state index contributed by atoms with van der Waals surface area (Å²) in [4.78, 5) is 23.9. The highest BCUT2D eigenvalue weighted by molar-refractivity contribution is 5.88. The van der Waals surface area contributed by atoms with Gasteiger partial charge in [0, 0.05) is 13.2 Å². The van der Waals surface area contributed by atoms with Gasteiger partial charge in [0.25, 0.3) is 5.91 Å². The molecule has 0 aliphatic carbocycles. The van der Waals surface area contributed by atoms with Crippen LogP contribution in [0, 0.1) is 13.8 Å². The smallest absolute Gasteiger partial charge is 0.335 e. The van der Waals surface area contributed by atoms with E-state index in [4.69, 9.17) is 9.47 Å². The number of hydrogen-bond donors (Lipinski definition) is 3. The lowest BCUT2D eigenvalue weighted by Gasteiger charge is -2.20. The fourth-order valence-corrected chi connectivity index (χ4v) is 4.72. The summed E-state index contributed by atoms with van der Waals surface area (Å²) in [5.41, 5.74) is 5.11. The van der Waals surface area contributed by atoms with E-state index < -0.39 is 24.1 Å². The van der Waals surface area contributed by atoms with E-state index in [1.165, 1.54) is 27.6 Å². The molecule has 0 saturated carbocycles. The summed E-state index contributed by atoms with van der Waals surface area (Å²) < 4.78 is 10.8. The number of carbonyl (C=O) groups excluding carboxylic acids is 1. The second-order valence-electron chi connectivity index (χ2n) is 10.5. The fraction of sp³-hybridized carbons (Fsp3) is 0.455. The zero-order chi connectivity index (χ0) is 28.9. The van der Waals surface area contributed by atoms with Gasteiger partial charge in [0.1, 0.15) is 5.75 Å². The number of aliphatic hydroxyl groups excluding tert-OH is 1. The number of benzene rings is 3. The van der Waals surface area contributed by atoms with Gasteiger partial charge < -0.3 is 25.0 Å². The van der Waals surface area contributed by atoms with Crippen molar-refractivity contribution in [3.63, 3.8) is 0 Å². The first-order valence-corrected chi connectivity index (χ1v) is 14.2. The molecule has 0 fully saturated rings. The standard InChI is InChI=1S/C33H43NO6/c1-23-12-13-25(20-24(23)2)10-7-5-9-19-40-31(30(35)33(37)38)32(36)34-18-8-4-6-11-26-14-15-28-22-29(39-3)17-16-27(28)21-26/h12-17,20-22,30-31,35H,4-11,18-19H2,1-3H3,(H,34,36)(H,37,38). The van der Waals surface area contributed by atoms with Crippen molar-refractivity contribution in [2.45, 2.75) is 77.4 Å². The molecule has 0 bridgehead atoms. The van der Waals surface area contributed by atoms with Crippen LogP contribution in [0.3, 0.4) is 0 Å². The number of rotatable bonds is 17. The highest BCUT2D eigenvalue weighted by atomic mass is 16.5. The summed E-state index contributed by atoms with van der Waals surface area (Å²) in [6.45, 7) is 4.82. The van der Waals surface area contributed by atoms with Crippen molar-refractivity contribution >= 4 is 22.6 Å². The minimum Gasteiger partial charge on any atom is -0.497 e. The van der Waals surface area contributed by atoms with Crippen LogP contribution in [0.4, 0.5) is 0 Å². The predicted molar refractivity (Wildman–Crippen MR) is 158 cm³/mol. The number of aliphatic carboxylic acids is 1. The lowest BCUT2D eigenvalue weighted by molar-refractivity contribution is -0.162. The van der Waals surface area contributed by atoms with Crippen molar-refractivity contribution in [2.24, 2.45) is 0 Å². The number of hydrogen-bond acceptors (Lipinski definition) is 5. The number of unbranched alkanes of at least 4 members (excludes halogenated alkanes) is 4. The number of fused-ring (bicyclic) bond motifs is 1. The number of amides is 1. The second-order valence-corrected chi connectivity index (χ2v) is 10.5. The highest BCUT2D eigenvalue weighted by Gasteiger charge is 2.32. The molecule has 7 heteroatoms. The maximum Gasteiger partial charge on any atom is 0.335 e. The van der Waals surface area contributed by atoms with Crippen molar-refractivity contribution in [3.8, 4) is 5.75 Å². The number of methoxy groups -OCH3 is 1. The Labute approximate surface area is 237 Å².